The molecule has 1 aromatic carbocycles. The predicted octanol–water partition coefficient (Wildman–Crippen LogP) is 1.82. The number of carboxylic acids is 1. The summed E-state index contributed by atoms with van der Waals surface area (Å²) in [6, 6.07) is 7.87. The predicted molar refractivity (Wildman–Crippen MR) is 120 cm³/mol. The van der Waals surface area contributed by atoms with E-state index >= 15 is 0 Å². The summed E-state index contributed by atoms with van der Waals surface area (Å²) >= 11 is 0. The lowest BCUT2D eigenvalue weighted by molar-refractivity contribution is -0.160. The summed E-state index contributed by atoms with van der Waals surface area (Å²) < 4.78 is 6.50. The fourth-order valence-electron chi connectivity index (χ4n) is 6.24. The topological polar surface area (TPSA) is 107 Å². The van der Waals surface area contributed by atoms with E-state index in [9.17, 15) is 24.6 Å². The molecular formula is C25H32N2O6. The summed E-state index contributed by atoms with van der Waals surface area (Å²) in [6.07, 6.45) is 2.99. The molecule has 0 radical (unpaired) electrons. The van der Waals surface area contributed by atoms with Crippen LogP contribution in [-0.4, -0.2) is 74.2 Å². The molecule has 2 bridgehead atoms. The van der Waals surface area contributed by atoms with E-state index in [1.807, 2.05) is 37.3 Å². The van der Waals surface area contributed by atoms with E-state index in [-0.39, 0.29) is 19.1 Å². The molecule has 33 heavy (non-hydrogen) atoms. The third kappa shape index (κ3) is 3.38. The number of hydrogen-bond acceptors (Lipinski definition) is 5. The summed E-state index contributed by atoms with van der Waals surface area (Å²) in [5.41, 5.74) is -1.24. The number of aliphatic carboxylic acids is 1. The molecule has 2 N–H and O–H groups in total. The second-order valence-electron chi connectivity index (χ2n) is 9.44. The number of fused-ring (bicyclic) bond motifs is 1. The van der Waals surface area contributed by atoms with Crippen molar-refractivity contribution in [2.24, 2.45) is 11.8 Å². The second-order valence-corrected chi connectivity index (χ2v) is 9.44. The minimum absolute atomic E-state index is 0.266. The van der Waals surface area contributed by atoms with Crippen LogP contribution in [0, 0.1) is 11.8 Å². The fourth-order valence-corrected chi connectivity index (χ4v) is 6.24. The van der Waals surface area contributed by atoms with Crippen molar-refractivity contribution in [1.29, 1.82) is 0 Å². The number of carbonyl (C=O) groups is 3. The quantitative estimate of drug-likeness (QED) is 0.549. The first-order chi connectivity index (χ1) is 15.8. The third-order valence-electron chi connectivity index (χ3n) is 7.74. The molecule has 3 heterocycles. The number of rotatable bonds is 9. The van der Waals surface area contributed by atoms with Crippen molar-refractivity contribution in [2.75, 3.05) is 13.2 Å². The zero-order chi connectivity index (χ0) is 24.0. The maximum absolute atomic E-state index is 14.1. The highest BCUT2D eigenvalue weighted by molar-refractivity contribution is 5.98. The zero-order valence-corrected chi connectivity index (χ0v) is 19.1. The first-order valence-electron chi connectivity index (χ1n) is 11.6. The summed E-state index contributed by atoms with van der Waals surface area (Å²) in [6.45, 7) is 7.57. The Morgan fingerprint density at radius 3 is 2.61 bits per heavy atom. The van der Waals surface area contributed by atoms with Gasteiger partial charge in [-0.2, -0.15) is 0 Å². The van der Waals surface area contributed by atoms with Gasteiger partial charge in [0.05, 0.1) is 24.2 Å². The summed E-state index contributed by atoms with van der Waals surface area (Å²) in [4.78, 5) is 43.1. The van der Waals surface area contributed by atoms with Gasteiger partial charge in [-0.1, -0.05) is 43.3 Å². The van der Waals surface area contributed by atoms with Gasteiger partial charge in [-0.05, 0) is 31.7 Å². The highest BCUT2D eigenvalue weighted by Gasteiger charge is 2.79. The smallest absolute Gasteiger partial charge is 0.310 e. The van der Waals surface area contributed by atoms with Crippen LogP contribution in [0.5, 0.6) is 0 Å². The lowest BCUT2D eigenvalue weighted by atomic mass is 9.65. The van der Waals surface area contributed by atoms with E-state index in [4.69, 9.17) is 4.74 Å². The molecule has 0 aromatic heterocycles. The van der Waals surface area contributed by atoms with E-state index in [1.165, 1.54) is 4.90 Å². The first-order valence-corrected chi connectivity index (χ1v) is 11.6. The molecule has 3 aliphatic rings. The molecule has 0 aliphatic carbocycles. The van der Waals surface area contributed by atoms with Crippen LogP contribution in [0.3, 0.4) is 0 Å². The van der Waals surface area contributed by atoms with Crippen LogP contribution in [0.2, 0.25) is 0 Å². The summed E-state index contributed by atoms with van der Waals surface area (Å²) in [5, 5.41) is 20.0. The van der Waals surface area contributed by atoms with Crippen molar-refractivity contribution in [3.8, 4) is 0 Å². The Bertz CT molecular complexity index is 951. The van der Waals surface area contributed by atoms with Crippen LogP contribution in [-0.2, 0) is 25.7 Å². The Kier molecular flexibility index (Phi) is 6.09. The van der Waals surface area contributed by atoms with Crippen molar-refractivity contribution >= 4 is 17.8 Å². The number of carbonyl (C=O) groups excluding carboxylic acids is 2. The lowest BCUT2D eigenvalue weighted by Crippen LogP contribution is -2.58. The molecule has 4 rings (SSSR count). The molecule has 8 heteroatoms. The average molecular weight is 457 g/mol. The monoisotopic (exact) mass is 456 g/mol. The SMILES string of the molecule is C=CCN(Cc1ccccc1)C(=O)C1N([C@H](C)CO)C(=O)[C@@H]2[C@@H](C(=O)O)[C@@]3(CC)CCC12O3. The number of aliphatic hydroxyl groups excluding tert-OH is 1. The van der Waals surface area contributed by atoms with Crippen LogP contribution >= 0.6 is 0 Å². The molecule has 2 amide bonds. The standard InChI is InChI=1S/C25H32N2O6/c1-4-13-26(14-17-9-7-6-8-10-17)22(30)20-25-12-11-24(5-2,33-25)19(23(31)32)18(25)21(29)27(20)16(3)15-28/h4,6-10,16,18-20,28H,1,5,11-15H2,2-3H3,(H,31,32)/t16-,18+,19+,20?,24-,25?/m1/s1. The molecule has 3 aliphatic heterocycles. The molecule has 1 aromatic rings. The fraction of sp³-hybridized carbons (Fsp3) is 0.560. The highest BCUT2D eigenvalue weighted by Crippen LogP contribution is 2.64. The van der Waals surface area contributed by atoms with E-state index in [0.717, 1.165) is 5.56 Å². The van der Waals surface area contributed by atoms with E-state index in [1.54, 1.807) is 17.9 Å². The number of hydrogen-bond donors (Lipinski definition) is 2. The minimum Gasteiger partial charge on any atom is -0.481 e. The Morgan fingerprint density at radius 1 is 1.33 bits per heavy atom. The van der Waals surface area contributed by atoms with Gasteiger partial charge in [0.25, 0.3) is 0 Å². The molecule has 0 saturated carbocycles. The molecule has 3 saturated heterocycles. The first kappa shape index (κ1) is 23.4. The molecule has 2 unspecified atom stereocenters. The van der Waals surface area contributed by atoms with Gasteiger partial charge in [-0.3, -0.25) is 14.4 Å². The third-order valence-corrected chi connectivity index (χ3v) is 7.74. The van der Waals surface area contributed by atoms with Crippen LogP contribution in [0.15, 0.2) is 43.0 Å². The second kappa shape index (κ2) is 8.57. The van der Waals surface area contributed by atoms with Crippen LogP contribution in [0.1, 0.15) is 38.7 Å². The van der Waals surface area contributed by atoms with Gasteiger partial charge in [0.1, 0.15) is 17.6 Å². The molecule has 8 nitrogen and oxygen atoms in total. The van der Waals surface area contributed by atoms with Crippen molar-refractivity contribution in [1.82, 2.24) is 9.80 Å². The normalized spacial score (nSPS) is 33.1. The van der Waals surface area contributed by atoms with Gasteiger partial charge in [-0.25, -0.2) is 0 Å². The zero-order valence-electron chi connectivity index (χ0n) is 19.1. The van der Waals surface area contributed by atoms with Crippen LogP contribution < -0.4 is 0 Å². The van der Waals surface area contributed by atoms with Crippen LogP contribution in [0.4, 0.5) is 0 Å². The Morgan fingerprint density at radius 2 is 2.03 bits per heavy atom. The molecule has 178 valence electrons. The number of ether oxygens (including phenoxy) is 1. The van der Waals surface area contributed by atoms with Crippen LogP contribution in [0.25, 0.3) is 0 Å². The summed E-state index contributed by atoms with van der Waals surface area (Å²) in [5.74, 6) is -3.77. The number of likely N-dealkylation sites (tertiary alicyclic amines) is 1. The summed E-state index contributed by atoms with van der Waals surface area (Å²) in [7, 11) is 0. The Balaban J connectivity index is 1.78. The molecular weight excluding hydrogens is 424 g/mol. The highest BCUT2D eigenvalue weighted by atomic mass is 16.5. The van der Waals surface area contributed by atoms with Gasteiger partial charge in [0.15, 0.2) is 0 Å². The molecule has 6 atom stereocenters. The Hall–Kier alpha value is -2.71. The van der Waals surface area contributed by atoms with E-state index in [0.29, 0.717) is 25.8 Å². The van der Waals surface area contributed by atoms with Gasteiger partial charge in [-0.15, -0.1) is 6.58 Å². The van der Waals surface area contributed by atoms with Gasteiger partial charge >= 0.3 is 5.97 Å². The Labute approximate surface area is 193 Å². The molecule has 3 fully saturated rings. The van der Waals surface area contributed by atoms with E-state index in [2.05, 4.69) is 6.58 Å². The minimum atomic E-state index is -1.22. The number of carboxylic acid groups (broad SMARTS) is 1. The number of aliphatic hydroxyl groups is 1. The number of amides is 2. The molecule has 1 spiro atoms. The number of nitrogens with zero attached hydrogens (tertiary/aromatic N) is 2. The van der Waals surface area contributed by atoms with Gasteiger partial charge < -0.3 is 24.7 Å². The van der Waals surface area contributed by atoms with Gasteiger partial charge in [0.2, 0.25) is 11.8 Å². The van der Waals surface area contributed by atoms with Crippen molar-refractivity contribution in [3.05, 3.63) is 48.6 Å². The average Bonchev–Trinajstić information content (AvgIpc) is 3.42. The largest absolute Gasteiger partial charge is 0.481 e. The van der Waals surface area contributed by atoms with Crippen molar-refractivity contribution < 1.29 is 29.3 Å². The maximum Gasteiger partial charge on any atom is 0.310 e. The lowest BCUT2D eigenvalue weighted by Gasteiger charge is -2.38. The van der Waals surface area contributed by atoms with Crippen molar-refractivity contribution in [2.45, 2.75) is 62.9 Å². The maximum atomic E-state index is 14.1. The van der Waals surface area contributed by atoms with Crippen molar-refractivity contribution in [3.63, 3.8) is 0 Å². The van der Waals surface area contributed by atoms with Gasteiger partial charge in [0, 0.05) is 13.1 Å². The van der Waals surface area contributed by atoms with E-state index < -0.39 is 47.0 Å². The number of benzene rings is 1.